The topological polar surface area (TPSA) is 71.3 Å². The summed E-state index contributed by atoms with van der Waals surface area (Å²) in [4.78, 5) is 18.6. The van der Waals surface area contributed by atoms with Crippen LogP contribution in [0.15, 0.2) is 28.8 Å². The largest absolute Gasteiger partial charge is 0.337 e. The van der Waals surface area contributed by atoms with Gasteiger partial charge in [-0.2, -0.15) is 4.98 Å². The van der Waals surface area contributed by atoms with Crippen molar-refractivity contribution in [1.29, 1.82) is 0 Å². The second kappa shape index (κ2) is 7.13. The number of hydrogen-bond acceptors (Lipinski definition) is 5. The molecule has 1 aromatic carbocycles. The van der Waals surface area contributed by atoms with Crippen LogP contribution < -0.4 is 5.32 Å². The van der Waals surface area contributed by atoms with Gasteiger partial charge in [0.05, 0.1) is 0 Å². The fourth-order valence-electron chi connectivity index (χ4n) is 2.94. The summed E-state index contributed by atoms with van der Waals surface area (Å²) in [5, 5.41) is 7.22. The number of rotatable bonds is 6. The van der Waals surface area contributed by atoms with Crippen molar-refractivity contribution in [3.63, 3.8) is 0 Å². The summed E-state index contributed by atoms with van der Waals surface area (Å²) in [6, 6.07) is 8.41. The zero-order chi connectivity index (χ0) is 17.1. The molecule has 24 heavy (non-hydrogen) atoms. The van der Waals surface area contributed by atoms with E-state index in [9.17, 15) is 4.79 Å². The third kappa shape index (κ3) is 3.64. The van der Waals surface area contributed by atoms with E-state index in [0.29, 0.717) is 31.1 Å². The molecule has 1 amide bonds. The van der Waals surface area contributed by atoms with Crippen LogP contribution in [0.5, 0.6) is 0 Å². The summed E-state index contributed by atoms with van der Waals surface area (Å²) in [5.74, 6) is 1.37. The number of nitrogens with one attached hydrogen (secondary N) is 1. The van der Waals surface area contributed by atoms with Gasteiger partial charge < -0.3 is 14.7 Å². The summed E-state index contributed by atoms with van der Waals surface area (Å²) < 4.78 is 5.45. The molecule has 2 unspecified atom stereocenters. The van der Waals surface area contributed by atoms with Gasteiger partial charge in [0.15, 0.2) is 5.82 Å². The molecule has 6 nitrogen and oxygen atoms in total. The maximum Gasteiger partial charge on any atom is 0.249 e. The first-order valence-corrected chi connectivity index (χ1v) is 8.41. The molecule has 0 aliphatic carbocycles. The van der Waals surface area contributed by atoms with Crippen molar-refractivity contribution >= 4 is 5.91 Å². The molecule has 1 aliphatic heterocycles. The minimum atomic E-state index is -0.120. The molecule has 1 N–H and O–H groups in total. The SMILES string of the molecule is CNC(C)Cc1noc(C2CCC(=O)N2Cc2ccc(C)cc2)n1. The molecule has 0 bridgehead atoms. The van der Waals surface area contributed by atoms with E-state index < -0.39 is 0 Å². The molecule has 0 radical (unpaired) electrons. The number of aromatic nitrogens is 2. The van der Waals surface area contributed by atoms with E-state index in [1.165, 1.54) is 5.56 Å². The molecule has 2 atom stereocenters. The van der Waals surface area contributed by atoms with E-state index in [-0.39, 0.29) is 18.0 Å². The first-order chi connectivity index (χ1) is 11.6. The van der Waals surface area contributed by atoms with Gasteiger partial charge in [-0.05, 0) is 32.9 Å². The number of aryl methyl sites for hydroxylation is 1. The molecule has 2 heterocycles. The third-order valence-corrected chi connectivity index (χ3v) is 4.55. The van der Waals surface area contributed by atoms with Crippen LogP contribution in [0.25, 0.3) is 0 Å². The molecule has 0 spiro atoms. The van der Waals surface area contributed by atoms with Crippen molar-refractivity contribution in [2.24, 2.45) is 0 Å². The number of carbonyl (C=O) groups excluding carboxylic acids is 1. The van der Waals surface area contributed by atoms with Crippen molar-refractivity contribution in [3.05, 3.63) is 47.1 Å². The number of carbonyl (C=O) groups is 1. The number of benzene rings is 1. The minimum absolute atomic E-state index is 0.120. The predicted molar refractivity (Wildman–Crippen MR) is 90.2 cm³/mol. The second-order valence-electron chi connectivity index (χ2n) is 6.50. The van der Waals surface area contributed by atoms with Crippen molar-refractivity contribution in [3.8, 4) is 0 Å². The Kier molecular flexibility index (Phi) is 4.94. The fraction of sp³-hybridized carbons (Fsp3) is 0.500. The lowest BCUT2D eigenvalue weighted by atomic mass is 10.1. The Morgan fingerprint density at radius 2 is 2.12 bits per heavy atom. The zero-order valence-corrected chi connectivity index (χ0v) is 14.5. The summed E-state index contributed by atoms with van der Waals surface area (Å²) >= 11 is 0. The second-order valence-corrected chi connectivity index (χ2v) is 6.50. The van der Waals surface area contributed by atoms with Crippen LogP contribution in [-0.2, 0) is 17.8 Å². The summed E-state index contributed by atoms with van der Waals surface area (Å²) in [7, 11) is 1.91. The molecular weight excluding hydrogens is 304 g/mol. The van der Waals surface area contributed by atoms with Crippen LogP contribution in [0, 0.1) is 6.92 Å². The number of likely N-dealkylation sites (tertiary alicyclic amines) is 1. The van der Waals surface area contributed by atoms with Crippen molar-refractivity contribution < 1.29 is 9.32 Å². The van der Waals surface area contributed by atoms with Crippen molar-refractivity contribution in [1.82, 2.24) is 20.4 Å². The highest BCUT2D eigenvalue weighted by Crippen LogP contribution is 2.33. The molecular formula is C18H24N4O2. The van der Waals surface area contributed by atoms with Crippen molar-refractivity contribution in [2.45, 2.75) is 51.7 Å². The van der Waals surface area contributed by atoms with Gasteiger partial charge >= 0.3 is 0 Å². The maximum atomic E-state index is 12.3. The molecule has 1 saturated heterocycles. The van der Waals surface area contributed by atoms with Gasteiger partial charge in [0.1, 0.15) is 6.04 Å². The number of likely N-dealkylation sites (N-methyl/N-ethyl adjacent to an activating group) is 1. The van der Waals surface area contributed by atoms with E-state index in [1.54, 1.807) is 0 Å². The Morgan fingerprint density at radius 3 is 2.83 bits per heavy atom. The predicted octanol–water partition coefficient (Wildman–Crippen LogP) is 2.39. The molecule has 3 rings (SSSR count). The molecule has 0 saturated carbocycles. The minimum Gasteiger partial charge on any atom is -0.337 e. The zero-order valence-electron chi connectivity index (χ0n) is 14.5. The fourth-order valence-corrected chi connectivity index (χ4v) is 2.94. The number of hydrogen-bond donors (Lipinski definition) is 1. The highest BCUT2D eigenvalue weighted by Gasteiger charge is 2.35. The van der Waals surface area contributed by atoms with Crippen molar-refractivity contribution in [2.75, 3.05) is 7.05 Å². The maximum absolute atomic E-state index is 12.3. The van der Waals surface area contributed by atoms with Crippen LogP contribution in [0.4, 0.5) is 0 Å². The molecule has 1 aliphatic rings. The Labute approximate surface area is 142 Å². The van der Waals surface area contributed by atoms with Gasteiger partial charge in [0, 0.05) is 25.4 Å². The van der Waals surface area contributed by atoms with Crippen LogP contribution in [-0.4, -0.2) is 34.0 Å². The molecule has 1 fully saturated rings. The lowest BCUT2D eigenvalue weighted by Crippen LogP contribution is -2.27. The molecule has 2 aromatic rings. The van der Waals surface area contributed by atoms with Gasteiger partial charge in [-0.25, -0.2) is 0 Å². The summed E-state index contributed by atoms with van der Waals surface area (Å²) in [6.07, 6.45) is 1.97. The Bertz CT molecular complexity index is 695. The summed E-state index contributed by atoms with van der Waals surface area (Å²) in [5.41, 5.74) is 2.33. The van der Waals surface area contributed by atoms with Crippen LogP contribution in [0.2, 0.25) is 0 Å². The van der Waals surface area contributed by atoms with Gasteiger partial charge in [-0.15, -0.1) is 0 Å². The summed E-state index contributed by atoms with van der Waals surface area (Å²) in [6.45, 7) is 4.70. The smallest absolute Gasteiger partial charge is 0.249 e. The van der Waals surface area contributed by atoms with E-state index in [2.05, 4.69) is 53.6 Å². The standard InChI is InChI=1S/C18H24N4O2/c1-12-4-6-14(7-5-12)11-22-15(8-9-17(22)23)18-20-16(21-24-18)10-13(2)19-3/h4-7,13,15,19H,8-11H2,1-3H3. The lowest BCUT2D eigenvalue weighted by molar-refractivity contribution is -0.129. The lowest BCUT2D eigenvalue weighted by Gasteiger charge is -2.22. The van der Waals surface area contributed by atoms with E-state index >= 15 is 0 Å². The van der Waals surface area contributed by atoms with Crippen LogP contribution >= 0.6 is 0 Å². The first kappa shape index (κ1) is 16.6. The van der Waals surface area contributed by atoms with E-state index in [4.69, 9.17) is 4.52 Å². The molecule has 6 heteroatoms. The van der Waals surface area contributed by atoms with Gasteiger partial charge in [0.2, 0.25) is 11.8 Å². The van der Waals surface area contributed by atoms with Gasteiger partial charge in [0.25, 0.3) is 0 Å². The average Bonchev–Trinajstić information content (AvgIpc) is 3.17. The Hall–Kier alpha value is -2.21. The number of amides is 1. The number of nitrogens with zero attached hydrogens (tertiary/aromatic N) is 3. The quantitative estimate of drug-likeness (QED) is 0.881. The Balaban J connectivity index is 1.74. The van der Waals surface area contributed by atoms with E-state index in [1.807, 2.05) is 11.9 Å². The van der Waals surface area contributed by atoms with Crippen LogP contribution in [0.3, 0.4) is 0 Å². The first-order valence-electron chi connectivity index (χ1n) is 8.41. The Morgan fingerprint density at radius 1 is 1.38 bits per heavy atom. The normalized spacial score (nSPS) is 19.0. The third-order valence-electron chi connectivity index (χ3n) is 4.55. The highest BCUT2D eigenvalue weighted by atomic mass is 16.5. The average molecular weight is 328 g/mol. The monoisotopic (exact) mass is 328 g/mol. The molecule has 1 aromatic heterocycles. The van der Waals surface area contributed by atoms with Crippen LogP contribution in [0.1, 0.15) is 48.6 Å². The molecule has 128 valence electrons. The van der Waals surface area contributed by atoms with Gasteiger partial charge in [-0.1, -0.05) is 35.0 Å². The van der Waals surface area contributed by atoms with Gasteiger partial charge in [-0.3, -0.25) is 4.79 Å². The van der Waals surface area contributed by atoms with E-state index in [0.717, 1.165) is 12.0 Å². The highest BCUT2D eigenvalue weighted by molar-refractivity contribution is 5.78.